The Morgan fingerprint density at radius 3 is 1.64 bits per heavy atom. The van der Waals surface area contributed by atoms with Gasteiger partial charge in [-0.25, -0.2) is 4.98 Å². The fourth-order valence-corrected chi connectivity index (χ4v) is 6.59. The summed E-state index contributed by atoms with van der Waals surface area (Å²) in [5, 5.41) is 2.52. The summed E-state index contributed by atoms with van der Waals surface area (Å²) in [6.45, 7) is 0. The highest BCUT2D eigenvalue weighted by Crippen LogP contribution is 2.38. The molecule has 9 rings (SSSR count). The van der Waals surface area contributed by atoms with Crippen LogP contribution < -0.4 is 4.90 Å². The maximum atomic E-state index is 6.27. The van der Waals surface area contributed by atoms with Crippen LogP contribution in [-0.2, 0) is 0 Å². The molecule has 0 aliphatic heterocycles. The Morgan fingerprint density at radius 2 is 0.979 bits per heavy atom. The zero-order chi connectivity index (χ0) is 31.2. The Morgan fingerprint density at radius 1 is 0.447 bits per heavy atom. The van der Waals surface area contributed by atoms with E-state index in [0.29, 0.717) is 5.89 Å². The van der Waals surface area contributed by atoms with Crippen molar-refractivity contribution in [1.82, 2.24) is 9.55 Å². The molecule has 0 fully saturated rings. The van der Waals surface area contributed by atoms with Gasteiger partial charge in [-0.3, -0.25) is 0 Å². The highest BCUT2D eigenvalue weighted by molar-refractivity contribution is 6.09. The normalized spacial score (nSPS) is 11.4. The summed E-state index contributed by atoms with van der Waals surface area (Å²) >= 11 is 0. The minimum atomic E-state index is 0.610. The molecule has 0 saturated carbocycles. The van der Waals surface area contributed by atoms with Crippen LogP contribution in [-0.4, -0.2) is 9.55 Å². The van der Waals surface area contributed by atoms with Gasteiger partial charge in [0.25, 0.3) is 0 Å². The number of benzene rings is 7. The zero-order valence-electron chi connectivity index (χ0n) is 25.5. The second kappa shape index (κ2) is 11.2. The zero-order valence-corrected chi connectivity index (χ0v) is 25.5. The van der Waals surface area contributed by atoms with Gasteiger partial charge in [0.2, 0.25) is 5.89 Å². The van der Waals surface area contributed by atoms with Crippen LogP contribution in [0.15, 0.2) is 180 Å². The highest BCUT2D eigenvalue weighted by atomic mass is 16.3. The van der Waals surface area contributed by atoms with Gasteiger partial charge in [0.15, 0.2) is 5.58 Å². The standard InChI is InChI=1S/C43H29N3O/c1-3-11-30(12-4-1)32-21-28-39-42(29-32)47-43(44-39)31-19-22-34(23-20-31)45(33-13-5-2-6-14-33)35-24-26-36(27-25-35)46-40-17-9-7-15-37(40)38-16-8-10-18-41(38)46/h1-29H. The van der Waals surface area contributed by atoms with Gasteiger partial charge in [-0.2, -0.15) is 0 Å². The molecule has 47 heavy (non-hydrogen) atoms. The van der Waals surface area contributed by atoms with Crippen molar-refractivity contribution in [2.75, 3.05) is 4.90 Å². The smallest absolute Gasteiger partial charge is 0.227 e. The summed E-state index contributed by atoms with van der Waals surface area (Å²) in [6, 6.07) is 61.5. The van der Waals surface area contributed by atoms with Crippen molar-refractivity contribution in [2.45, 2.75) is 0 Å². The average Bonchev–Trinajstić information content (AvgIpc) is 3.72. The average molecular weight is 604 g/mol. The summed E-state index contributed by atoms with van der Waals surface area (Å²) in [7, 11) is 0. The molecule has 0 radical (unpaired) electrons. The summed E-state index contributed by atoms with van der Waals surface area (Å²) in [5.74, 6) is 0.610. The van der Waals surface area contributed by atoms with Crippen LogP contribution >= 0.6 is 0 Å². The first-order valence-electron chi connectivity index (χ1n) is 15.8. The Hall–Kier alpha value is -6.39. The van der Waals surface area contributed by atoms with E-state index >= 15 is 0 Å². The van der Waals surface area contributed by atoms with Crippen molar-refractivity contribution in [1.29, 1.82) is 0 Å². The summed E-state index contributed by atoms with van der Waals surface area (Å²) in [5.41, 5.74) is 11.6. The van der Waals surface area contributed by atoms with Crippen LogP contribution in [0.4, 0.5) is 17.1 Å². The van der Waals surface area contributed by atoms with Crippen LogP contribution in [0.25, 0.3) is 61.2 Å². The third kappa shape index (κ3) is 4.75. The maximum Gasteiger partial charge on any atom is 0.227 e. The lowest BCUT2D eigenvalue weighted by atomic mass is 10.1. The first kappa shape index (κ1) is 27.0. The maximum absolute atomic E-state index is 6.27. The molecule has 0 unspecified atom stereocenters. The van der Waals surface area contributed by atoms with Gasteiger partial charge in [0, 0.05) is 39.1 Å². The van der Waals surface area contributed by atoms with Gasteiger partial charge in [-0.05, 0) is 96.1 Å². The molecule has 0 N–H and O–H groups in total. The Bertz CT molecular complexity index is 2440. The van der Waals surface area contributed by atoms with Crippen molar-refractivity contribution in [3.05, 3.63) is 176 Å². The molecule has 222 valence electrons. The van der Waals surface area contributed by atoms with E-state index in [1.807, 2.05) is 30.3 Å². The number of hydrogen-bond acceptors (Lipinski definition) is 3. The quantitative estimate of drug-likeness (QED) is 0.190. The molecule has 2 heterocycles. The lowest BCUT2D eigenvalue weighted by molar-refractivity contribution is 0.620. The van der Waals surface area contributed by atoms with E-state index < -0.39 is 0 Å². The van der Waals surface area contributed by atoms with E-state index in [1.165, 1.54) is 21.8 Å². The number of nitrogens with zero attached hydrogens (tertiary/aromatic N) is 3. The van der Waals surface area contributed by atoms with Crippen LogP contribution in [0.3, 0.4) is 0 Å². The third-order valence-electron chi connectivity index (χ3n) is 8.83. The van der Waals surface area contributed by atoms with Gasteiger partial charge < -0.3 is 13.9 Å². The number of aromatic nitrogens is 2. The molecule has 0 aliphatic carbocycles. The topological polar surface area (TPSA) is 34.2 Å². The molecule has 0 spiro atoms. The van der Waals surface area contributed by atoms with E-state index in [9.17, 15) is 0 Å². The van der Waals surface area contributed by atoms with Crippen LogP contribution in [0.1, 0.15) is 0 Å². The van der Waals surface area contributed by atoms with Crippen LogP contribution in [0.2, 0.25) is 0 Å². The second-order valence-corrected chi connectivity index (χ2v) is 11.7. The van der Waals surface area contributed by atoms with Crippen LogP contribution in [0, 0.1) is 0 Å². The number of fused-ring (bicyclic) bond motifs is 4. The molecule has 0 amide bonds. The van der Waals surface area contributed by atoms with Crippen molar-refractivity contribution in [2.24, 2.45) is 0 Å². The lowest BCUT2D eigenvalue weighted by Gasteiger charge is -2.26. The number of hydrogen-bond donors (Lipinski definition) is 0. The lowest BCUT2D eigenvalue weighted by Crippen LogP contribution is -2.10. The largest absolute Gasteiger partial charge is 0.436 e. The molecule has 9 aromatic rings. The molecule has 0 saturated heterocycles. The molecule has 4 nitrogen and oxygen atoms in total. The van der Waals surface area contributed by atoms with Gasteiger partial charge in [0.1, 0.15) is 5.52 Å². The van der Waals surface area contributed by atoms with Gasteiger partial charge in [-0.15, -0.1) is 0 Å². The Labute approximate surface area is 272 Å². The molecule has 2 aromatic heterocycles. The number of para-hydroxylation sites is 3. The minimum absolute atomic E-state index is 0.610. The molecular weight excluding hydrogens is 574 g/mol. The van der Waals surface area contributed by atoms with E-state index in [4.69, 9.17) is 9.40 Å². The van der Waals surface area contributed by atoms with Crippen molar-refractivity contribution in [3.8, 4) is 28.3 Å². The molecule has 0 atom stereocenters. The van der Waals surface area contributed by atoms with Gasteiger partial charge in [-0.1, -0.05) is 91.0 Å². The Kier molecular flexibility index (Phi) is 6.43. The van der Waals surface area contributed by atoms with Gasteiger partial charge in [0.05, 0.1) is 11.0 Å². The first-order chi connectivity index (χ1) is 23.3. The third-order valence-corrected chi connectivity index (χ3v) is 8.83. The van der Waals surface area contributed by atoms with E-state index in [1.54, 1.807) is 0 Å². The Balaban J connectivity index is 1.07. The summed E-state index contributed by atoms with van der Waals surface area (Å²) in [4.78, 5) is 7.08. The van der Waals surface area contributed by atoms with E-state index in [0.717, 1.165) is 50.5 Å². The molecule has 0 bridgehead atoms. The van der Waals surface area contributed by atoms with Crippen molar-refractivity contribution in [3.63, 3.8) is 0 Å². The summed E-state index contributed by atoms with van der Waals surface area (Å²) in [6.07, 6.45) is 0. The molecular formula is C43H29N3O. The fourth-order valence-electron chi connectivity index (χ4n) is 6.59. The second-order valence-electron chi connectivity index (χ2n) is 11.7. The first-order valence-corrected chi connectivity index (χ1v) is 15.8. The van der Waals surface area contributed by atoms with Crippen molar-refractivity contribution < 1.29 is 4.42 Å². The number of rotatable bonds is 6. The molecule has 7 aromatic carbocycles. The van der Waals surface area contributed by atoms with Crippen LogP contribution in [0.5, 0.6) is 0 Å². The summed E-state index contributed by atoms with van der Waals surface area (Å²) < 4.78 is 8.61. The minimum Gasteiger partial charge on any atom is -0.436 e. The van der Waals surface area contributed by atoms with E-state index in [-0.39, 0.29) is 0 Å². The predicted octanol–water partition coefficient (Wildman–Crippen LogP) is 11.7. The monoisotopic (exact) mass is 603 g/mol. The van der Waals surface area contributed by atoms with Crippen molar-refractivity contribution >= 4 is 50.0 Å². The fraction of sp³-hybridized carbons (Fsp3) is 0. The number of oxazole rings is 1. The van der Waals surface area contributed by atoms with E-state index in [2.05, 4.69) is 155 Å². The predicted molar refractivity (Wildman–Crippen MR) is 194 cm³/mol. The van der Waals surface area contributed by atoms with Gasteiger partial charge >= 0.3 is 0 Å². The highest BCUT2D eigenvalue weighted by Gasteiger charge is 2.16. The molecule has 4 heteroatoms. The molecule has 0 aliphatic rings. The number of anilines is 3. The SMILES string of the molecule is c1ccc(-c2ccc3nc(-c4ccc(N(c5ccccc5)c5ccc(-n6c7ccccc7c7ccccc76)cc5)cc4)oc3c2)cc1.